The Morgan fingerprint density at radius 1 is 0.254 bits per heavy atom. The van der Waals surface area contributed by atoms with E-state index in [1.54, 1.807) is 36.4 Å². The van der Waals surface area contributed by atoms with Crippen LogP contribution < -0.4 is 20.1 Å². The summed E-state index contributed by atoms with van der Waals surface area (Å²) in [5, 5.41) is 22.6. The minimum Gasteiger partial charge on any atom is -0.484 e. The molecule has 36 heteroatoms. The Hall–Kier alpha value is -6.35. The number of benzene rings is 3. The van der Waals surface area contributed by atoms with E-state index in [9.17, 15) is 24.0 Å². The summed E-state index contributed by atoms with van der Waals surface area (Å²) < 4.78 is 149. The van der Waals surface area contributed by atoms with E-state index in [2.05, 4.69) is 10.6 Å². The number of aliphatic carboxylic acids is 2. The minimum absolute atomic E-state index is 0.0208. The lowest BCUT2D eigenvalue weighted by atomic mass is 10.0. The van der Waals surface area contributed by atoms with Crippen molar-refractivity contribution in [2.24, 2.45) is 0 Å². The van der Waals surface area contributed by atoms with Gasteiger partial charge in [-0.25, -0.2) is 4.79 Å². The normalized spacial score (nSPS) is 11.4. The molecule has 652 valence electrons. The molecule has 0 aliphatic rings. The summed E-state index contributed by atoms with van der Waals surface area (Å²) >= 11 is 0. The molecule has 0 saturated carbocycles. The van der Waals surface area contributed by atoms with Gasteiger partial charge in [0, 0.05) is 13.1 Å². The van der Waals surface area contributed by atoms with Crippen LogP contribution in [0.25, 0.3) is 11.1 Å². The van der Waals surface area contributed by atoms with Gasteiger partial charge in [0.2, 0.25) is 0 Å². The summed E-state index contributed by atoms with van der Waals surface area (Å²) in [5.41, 5.74) is 2.36. The average Bonchev–Trinajstić information content (AvgIpc) is 0.822. The zero-order chi connectivity index (χ0) is 81.2. The zero-order valence-corrected chi connectivity index (χ0v) is 66.3. The van der Waals surface area contributed by atoms with Crippen molar-refractivity contribution < 1.29 is 162 Å². The highest BCUT2D eigenvalue weighted by Crippen LogP contribution is 2.29. The molecular weight excluding hydrogens is 1510 g/mol. The predicted octanol–water partition coefficient (Wildman–Crippen LogP) is 3.05. The van der Waals surface area contributed by atoms with E-state index < -0.39 is 17.9 Å². The number of amides is 2. The number of carbonyl (C=O) groups excluding carboxylic acids is 3. The van der Waals surface area contributed by atoms with Crippen LogP contribution in [0.1, 0.15) is 28.8 Å². The molecule has 0 radical (unpaired) electrons. The number of ether oxygens (including phenoxy) is 27. The summed E-state index contributed by atoms with van der Waals surface area (Å²) in [6, 6.07) is 21.2. The molecule has 3 rings (SSSR count). The van der Waals surface area contributed by atoms with Crippen LogP contribution in [0, 0.1) is 0 Å². The largest absolute Gasteiger partial charge is 0.484 e. The van der Waals surface area contributed by atoms with Gasteiger partial charge in [-0.05, 0) is 47.0 Å². The number of carboxylic acid groups (broad SMARTS) is 2. The monoisotopic (exact) mass is 1630 g/mol. The van der Waals surface area contributed by atoms with Crippen molar-refractivity contribution in [2.45, 2.75) is 19.4 Å². The lowest BCUT2D eigenvalue weighted by molar-refractivity contribution is -0.139. The van der Waals surface area contributed by atoms with Crippen LogP contribution in [0.5, 0.6) is 11.5 Å². The van der Waals surface area contributed by atoms with Crippen LogP contribution >= 0.6 is 0 Å². The first-order valence-corrected chi connectivity index (χ1v) is 38.7. The molecule has 0 heterocycles. The van der Waals surface area contributed by atoms with Crippen molar-refractivity contribution in [1.82, 2.24) is 10.6 Å². The second kappa shape index (κ2) is 79.1. The fourth-order valence-electron chi connectivity index (χ4n) is 8.80. The minimum atomic E-state index is -0.889. The molecule has 114 heavy (non-hydrogen) atoms. The molecule has 0 aliphatic heterocycles. The molecule has 0 fully saturated rings. The second-order valence-electron chi connectivity index (χ2n) is 23.6. The number of hydrogen-bond donors (Lipinski definition) is 4. The number of carbonyl (C=O) groups is 5. The van der Waals surface area contributed by atoms with E-state index in [4.69, 9.17) is 138 Å². The maximum absolute atomic E-state index is 13.4. The van der Waals surface area contributed by atoms with Crippen LogP contribution in [-0.2, 0) is 144 Å². The third-order valence-corrected chi connectivity index (χ3v) is 14.5. The number of rotatable bonds is 88. The van der Waals surface area contributed by atoms with E-state index in [1.807, 2.05) is 30.3 Å². The summed E-state index contributed by atoms with van der Waals surface area (Å²) in [6.45, 7) is 19.4. The van der Waals surface area contributed by atoms with E-state index in [1.165, 1.54) is 6.07 Å². The molecule has 4 N–H and O–H groups in total. The van der Waals surface area contributed by atoms with Crippen LogP contribution in [0.15, 0.2) is 72.8 Å². The third-order valence-electron chi connectivity index (χ3n) is 14.5. The van der Waals surface area contributed by atoms with Gasteiger partial charge in [-0.1, -0.05) is 42.5 Å². The molecule has 0 unspecified atom stereocenters. The lowest BCUT2D eigenvalue weighted by Crippen LogP contribution is -2.32. The van der Waals surface area contributed by atoms with Gasteiger partial charge < -0.3 is 149 Å². The number of nitrogens with one attached hydrogen (secondary N) is 2. The van der Waals surface area contributed by atoms with Gasteiger partial charge in [0.1, 0.15) is 18.1 Å². The van der Waals surface area contributed by atoms with Crippen molar-refractivity contribution >= 4 is 29.7 Å². The molecule has 0 atom stereocenters. The van der Waals surface area contributed by atoms with Crippen molar-refractivity contribution in [1.29, 1.82) is 0 Å². The Balaban J connectivity index is 1.08. The molecule has 0 bridgehead atoms. The highest BCUT2D eigenvalue weighted by Gasteiger charge is 2.15. The fraction of sp³-hybridized carbons (Fsp3) is 0.705. The zero-order valence-electron chi connectivity index (χ0n) is 66.3. The van der Waals surface area contributed by atoms with Crippen molar-refractivity contribution in [3.8, 4) is 22.6 Å². The highest BCUT2D eigenvalue weighted by molar-refractivity contribution is 5.92. The number of carboxylic acids is 2. The van der Waals surface area contributed by atoms with E-state index in [0.717, 1.165) is 5.56 Å². The fourth-order valence-corrected chi connectivity index (χ4v) is 8.80. The molecular formula is C78H126N2O34. The standard InChI is InChI=1S/C78H126N2O34/c81-74(79-12-16-90-20-24-94-28-32-98-36-40-102-44-48-106-52-56-110-60-58-108-54-50-104-46-42-100-38-34-96-30-26-92-22-18-88-14-10-76(83)84)66-112-72-8-6-69(7-9-72)70-62-71(78(87)114-65-68-4-2-1-3-5-68)64-73(63-70)113-67-75(82)80-13-17-91-21-25-95-29-33-99-37-41-103-45-49-107-53-57-111-61-59-109-55-51-105-47-43-101-39-35-97-31-27-93-23-19-89-15-11-77(85)86/h1-9,62-64H,10-61,65-67H2,(H,79,81)(H,80,82)(H,83,84)(H,85,86). The molecule has 3 aromatic carbocycles. The third kappa shape index (κ3) is 67.8. The van der Waals surface area contributed by atoms with Gasteiger partial charge in [0.15, 0.2) is 13.2 Å². The Kier molecular flexibility index (Phi) is 70.7. The van der Waals surface area contributed by atoms with Crippen molar-refractivity contribution in [3.63, 3.8) is 0 Å². The van der Waals surface area contributed by atoms with Gasteiger partial charge in [-0.2, -0.15) is 0 Å². The maximum atomic E-state index is 13.4. The van der Waals surface area contributed by atoms with Gasteiger partial charge in [0.05, 0.1) is 336 Å². The van der Waals surface area contributed by atoms with Crippen molar-refractivity contribution in [3.05, 3.63) is 83.9 Å². The summed E-state index contributed by atoms with van der Waals surface area (Å²) in [4.78, 5) is 59.6. The molecule has 2 amide bonds. The summed E-state index contributed by atoms with van der Waals surface area (Å²) in [5.74, 6) is -2.36. The predicted molar refractivity (Wildman–Crippen MR) is 409 cm³/mol. The summed E-state index contributed by atoms with van der Waals surface area (Å²) in [7, 11) is 0. The number of esters is 1. The summed E-state index contributed by atoms with van der Waals surface area (Å²) in [6.07, 6.45) is -0.0423. The van der Waals surface area contributed by atoms with Gasteiger partial charge in [-0.3, -0.25) is 19.2 Å². The Morgan fingerprint density at radius 2 is 0.500 bits per heavy atom. The SMILES string of the molecule is O=C(O)CCOCCOCCOCCOCCOCCOCCOCCOCCOCCOCCOCCOCCNC(=O)COc1ccc(-c2cc(OCC(=O)NCCOCCOCCOCCOCCOCCOCCOCCOCCOCCOCCOCCOCCC(=O)O)cc(C(=O)OCc3ccccc3)c2)cc1. The Bertz CT molecular complexity index is 2700. The second-order valence-corrected chi connectivity index (χ2v) is 23.6. The van der Waals surface area contributed by atoms with Crippen LogP contribution in [0.4, 0.5) is 0 Å². The van der Waals surface area contributed by atoms with Gasteiger partial charge in [0.25, 0.3) is 11.8 Å². The quantitative estimate of drug-likeness (QED) is 0.0466. The molecule has 3 aromatic rings. The Morgan fingerprint density at radius 3 is 0.763 bits per heavy atom. The molecule has 36 nitrogen and oxygen atoms in total. The highest BCUT2D eigenvalue weighted by atomic mass is 16.6. The van der Waals surface area contributed by atoms with Crippen molar-refractivity contribution in [2.75, 3.05) is 343 Å². The molecule has 0 saturated heterocycles. The molecule has 0 aromatic heterocycles. The smallest absolute Gasteiger partial charge is 0.338 e. The lowest BCUT2D eigenvalue weighted by Gasteiger charge is -2.13. The van der Waals surface area contributed by atoms with Gasteiger partial charge >= 0.3 is 17.9 Å². The van der Waals surface area contributed by atoms with E-state index in [-0.39, 0.29) is 95.3 Å². The first-order valence-electron chi connectivity index (χ1n) is 38.7. The van der Waals surface area contributed by atoms with E-state index in [0.29, 0.717) is 308 Å². The van der Waals surface area contributed by atoms with Crippen LogP contribution in [-0.4, -0.2) is 383 Å². The van der Waals surface area contributed by atoms with Crippen LogP contribution in [0.2, 0.25) is 0 Å². The molecule has 0 spiro atoms. The first kappa shape index (κ1) is 102. The number of hydrogen-bond acceptors (Lipinski definition) is 32. The van der Waals surface area contributed by atoms with Crippen LogP contribution in [0.3, 0.4) is 0 Å². The average molecular weight is 1640 g/mol. The van der Waals surface area contributed by atoms with Gasteiger partial charge in [-0.15, -0.1) is 0 Å². The van der Waals surface area contributed by atoms with E-state index >= 15 is 0 Å². The first-order chi connectivity index (χ1) is 56.2. The topological polar surface area (TPSA) is 399 Å². The Labute approximate surface area is 669 Å². The maximum Gasteiger partial charge on any atom is 0.338 e. The molecule has 0 aliphatic carbocycles.